The van der Waals surface area contributed by atoms with Crippen molar-refractivity contribution < 1.29 is 0 Å². The summed E-state index contributed by atoms with van der Waals surface area (Å²) < 4.78 is 0. The zero-order valence-electron chi connectivity index (χ0n) is 47.0. The highest BCUT2D eigenvalue weighted by Crippen LogP contribution is 2.68. The summed E-state index contributed by atoms with van der Waals surface area (Å²) in [6, 6.07) is 125. The second kappa shape index (κ2) is 18.8. The molecule has 0 saturated heterocycles. The van der Waals surface area contributed by atoms with E-state index in [2.05, 4.69) is 328 Å². The van der Waals surface area contributed by atoms with Crippen molar-refractivity contribution in [3.05, 3.63) is 414 Å². The third kappa shape index (κ3) is 6.32. The molecule has 86 heavy (non-hydrogen) atoms. The molecule has 2 heteroatoms. The summed E-state index contributed by atoms with van der Waals surface area (Å²) in [5.74, 6) is 0. The molecule has 0 radical (unpaired) electrons. The van der Waals surface area contributed by atoms with Gasteiger partial charge in [-0.25, -0.2) is 0 Å². The first-order valence-corrected chi connectivity index (χ1v) is 31.6. The van der Waals surface area contributed by atoms with Gasteiger partial charge in [0.05, 0.1) is 21.7 Å². The molecule has 4 aliphatic carbocycles. The number of hydrogen-bond donors (Lipinski definition) is 0. The summed E-state index contributed by atoms with van der Waals surface area (Å²) >= 11 is 4.05. The van der Waals surface area contributed by atoms with Crippen LogP contribution in [0.1, 0.15) is 86.3 Å². The lowest BCUT2D eigenvalue weighted by atomic mass is 9.67. The normalized spacial score (nSPS) is 15.1. The summed E-state index contributed by atoms with van der Waals surface area (Å²) in [5, 5.41) is 0. The Bertz CT molecular complexity index is 4500. The van der Waals surface area contributed by atoms with Crippen molar-refractivity contribution >= 4 is 22.7 Å². The van der Waals surface area contributed by atoms with Gasteiger partial charge in [0.2, 0.25) is 0 Å². The van der Waals surface area contributed by atoms with Gasteiger partial charge in [0, 0.05) is 19.5 Å². The Balaban J connectivity index is 1.08. The Morgan fingerprint density at radius 3 is 0.558 bits per heavy atom. The fourth-order valence-electron chi connectivity index (χ4n) is 16.6. The molecule has 0 N–H and O–H groups in total. The van der Waals surface area contributed by atoms with Crippen LogP contribution in [-0.2, 0) is 21.7 Å². The average Bonchev–Trinajstić information content (AvgIpc) is 1.58. The number of hydrogen-bond acceptors (Lipinski definition) is 2. The molecule has 12 aromatic carbocycles. The lowest BCUT2D eigenvalue weighted by molar-refractivity contribution is 0.781. The van der Waals surface area contributed by atoms with Crippen LogP contribution in [0.25, 0.3) is 55.6 Å². The van der Waals surface area contributed by atoms with E-state index in [1.165, 1.54) is 142 Å². The highest BCUT2D eigenvalue weighted by molar-refractivity contribution is 7.14. The van der Waals surface area contributed by atoms with Crippen molar-refractivity contribution in [2.75, 3.05) is 0 Å². The Hall–Kier alpha value is -9.96. The molecule has 0 bridgehead atoms. The topological polar surface area (TPSA) is 0 Å². The van der Waals surface area contributed by atoms with Crippen molar-refractivity contribution in [1.82, 2.24) is 0 Å². The van der Waals surface area contributed by atoms with Crippen LogP contribution in [0.2, 0.25) is 0 Å². The fraction of sp³-hybridized carbons (Fsp3) is 0.0476. The molecule has 0 atom stereocenters. The minimum absolute atomic E-state index is 0.682. The van der Waals surface area contributed by atoms with Gasteiger partial charge in [-0.1, -0.05) is 315 Å². The smallest absolute Gasteiger partial charge is 0.0813 e. The van der Waals surface area contributed by atoms with Crippen LogP contribution in [0.15, 0.2) is 328 Å². The number of fused-ring (bicyclic) bond motifs is 12. The van der Waals surface area contributed by atoms with E-state index in [-0.39, 0.29) is 0 Å². The lowest BCUT2D eigenvalue weighted by Gasteiger charge is -2.36. The van der Waals surface area contributed by atoms with Gasteiger partial charge in [-0.05, 0) is 135 Å². The van der Waals surface area contributed by atoms with Gasteiger partial charge in [0.25, 0.3) is 0 Å². The molecule has 0 spiro atoms. The Morgan fingerprint density at radius 1 is 0.163 bits per heavy atom. The van der Waals surface area contributed by atoms with Gasteiger partial charge in [0.1, 0.15) is 0 Å². The van der Waals surface area contributed by atoms with Gasteiger partial charge in [0.15, 0.2) is 0 Å². The summed E-state index contributed by atoms with van der Waals surface area (Å²) in [6.45, 7) is 0. The molecule has 14 aromatic rings. The number of rotatable bonds is 9. The molecule has 4 aliphatic rings. The molecule has 2 heterocycles. The van der Waals surface area contributed by atoms with Crippen LogP contribution < -0.4 is 0 Å². The van der Waals surface area contributed by atoms with Gasteiger partial charge < -0.3 is 0 Å². The average molecular weight is 1130 g/mol. The third-order valence-electron chi connectivity index (χ3n) is 19.8. The van der Waals surface area contributed by atoms with E-state index in [0.717, 1.165) is 0 Å². The number of benzene rings is 12. The quantitative estimate of drug-likeness (QED) is 0.135. The summed E-state index contributed by atoms with van der Waals surface area (Å²) in [5.41, 5.74) is 25.3. The van der Waals surface area contributed by atoms with Gasteiger partial charge in [-0.3, -0.25) is 0 Å². The molecule has 0 fully saturated rings. The molecule has 0 nitrogen and oxygen atoms in total. The van der Waals surface area contributed by atoms with Crippen molar-refractivity contribution in [3.63, 3.8) is 0 Å². The maximum Gasteiger partial charge on any atom is 0.0813 e. The van der Waals surface area contributed by atoms with E-state index in [9.17, 15) is 0 Å². The molecule has 18 rings (SSSR count). The van der Waals surface area contributed by atoms with E-state index in [0.29, 0.717) is 0 Å². The van der Waals surface area contributed by atoms with Crippen LogP contribution in [0.5, 0.6) is 0 Å². The highest BCUT2D eigenvalue weighted by Gasteiger charge is 2.56. The monoisotopic (exact) mass is 1130 g/mol. The number of thiophene rings is 2. The van der Waals surface area contributed by atoms with Crippen molar-refractivity contribution in [2.45, 2.75) is 21.7 Å². The van der Waals surface area contributed by atoms with Crippen LogP contribution in [-0.4, -0.2) is 0 Å². The molecular weight excluding hydrogens is 1070 g/mol. The molecule has 0 amide bonds. The molecule has 0 saturated carbocycles. The summed E-state index contributed by atoms with van der Waals surface area (Å²) in [7, 11) is 0. The van der Waals surface area contributed by atoms with Gasteiger partial charge in [-0.2, -0.15) is 0 Å². The fourth-order valence-corrected chi connectivity index (χ4v) is 19.9. The minimum Gasteiger partial charge on any atom is -0.141 e. The highest BCUT2D eigenvalue weighted by atomic mass is 32.1. The van der Waals surface area contributed by atoms with E-state index in [1.54, 1.807) is 0 Å². The van der Waals surface area contributed by atoms with Gasteiger partial charge >= 0.3 is 0 Å². The van der Waals surface area contributed by atoms with E-state index in [4.69, 9.17) is 0 Å². The summed E-state index contributed by atoms with van der Waals surface area (Å²) in [4.78, 5) is 5.19. The minimum atomic E-state index is -0.753. The van der Waals surface area contributed by atoms with Crippen LogP contribution in [0.3, 0.4) is 0 Å². The zero-order chi connectivity index (χ0) is 56.6. The van der Waals surface area contributed by atoms with E-state index in [1.807, 2.05) is 22.7 Å². The summed E-state index contributed by atoms with van der Waals surface area (Å²) in [6.07, 6.45) is 0. The Morgan fingerprint density at radius 2 is 0.337 bits per heavy atom. The van der Waals surface area contributed by atoms with Crippen LogP contribution in [0, 0.1) is 0 Å². The lowest BCUT2D eigenvalue weighted by Crippen LogP contribution is -2.30. The van der Waals surface area contributed by atoms with E-state index >= 15 is 0 Å². The molecular formula is C84H54S2. The Kier molecular flexibility index (Phi) is 10.8. The predicted octanol–water partition coefficient (Wildman–Crippen LogP) is 20.9. The second-order valence-electron chi connectivity index (χ2n) is 23.5. The molecule has 0 aliphatic heterocycles. The van der Waals surface area contributed by atoms with Crippen molar-refractivity contribution in [3.8, 4) is 55.6 Å². The maximum absolute atomic E-state index is 2.70. The maximum atomic E-state index is 2.70. The van der Waals surface area contributed by atoms with Crippen LogP contribution >= 0.6 is 22.7 Å². The Labute approximate surface area is 510 Å². The van der Waals surface area contributed by atoms with Crippen molar-refractivity contribution in [2.24, 2.45) is 0 Å². The molecule has 0 unspecified atom stereocenters. The van der Waals surface area contributed by atoms with E-state index < -0.39 is 21.7 Å². The predicted molar refractivity (Wildman–Crippen MR) is 357 cm³/mol. The molecule has 2 aromatic heterocycles. The first-order chi connectivity index (χ1) is 42.7. The zero-order valence-corrected chi connectivity index (χ0v) is 48.6. The standard InChI is InChI=1S/C84H54S2/c1-5-29-55(30-6-1)81(69-45-21-13-37-59(69)60-38-14-22-46-70(60)81)77-53-67(79(85-77)83(57-33-9-3-10-34-57)73-49-25-17-41-63(73)64-42-18-26-50-74(64)83)68-54-78(82(56-31-7-2-8-32-56)71-47-23-15-39-61(71)62-40-16-24-48-72(62)82)86-80(68)84(58-35-11-4-12-36-58)75-51-27-19-43-65(75)66-44-20-28-52-76(66)84/h1-54H. The SMILES string of the molecule is c1ccc(C2(c3cc(-c4cc(C5(c6ccccc6)c6ccccc6-c6ccccc65)sc4C4(c5ccccc5)c5ccccc5-c5ccccc54)c(C4(c5ccccc5)c5ccccc5-c5ccccc54)s3)c3ccccc3-c3ccccc32)cc1. The van der Waals surface area contributed by atoms with Crippen molar-refractivity contribution in [1.29, 1.82) is 0 Å². The van der Waals surface area contributed by atoms with Gasteiger partial charge in [-0.15, -0.1) is 22.7 Å². The van der Waals surface area contributed by atoms with Crippen LogP contribution in [0.4, 0.5) is 0 Å². The first-order valence-electron chi connectivity index (χ1n) is 30.0. The second-order valence-corrected chi connectivity index (χ2v) is 25.6. The molecule has 402 valence electrons. The largest absolute Gasteiger partial charge is 0.141 e. The third-order valence-corrected chi connectivity index (χ3v) is 22.6. The first kappa shape index (κ1) is 49.5.